The zero-order valence-electron chi connectivity index (χ0n) is 55.8. The summed E-state index contributed by atoms with van der Waals surface area (Å²) in [6.45, 7) is 11.7. The molecule has 0 amide bonds. The summed E-state index contributed by atoms with van der Waals surface area (Å²) >= 11 is 0. The van der Waals surface area contributed by atoms with E-state index in [1.54, 1.807) is 0 Å². The molecule has 0 heterocycles. The standard InChI is InChI=1S/C67H130O17P2/c1-8-9-10-31-41-48-64(69)77-54-62(83-67(72)51-44-37-30-24-27-34-40-47-60(6)7)56-81-85(73,74)79-52-61(68)53-80-86(75,76)82-57-63(55-78-65(70)49-42-35-28-22-19-15-17-21-26-33-39-46-59(4)5)84-66(71)50-43-36-29-23-18-14-12-11-13-16-20-25-32-38-45-58(2)3/h58-63,68H,8-57H2,1-7H3,(H,73,74)(H,75,76)/t61-,62+,63+/m0/s1. The molecule has 0 spiro atoms. The summed E-state index contributed by atoms with van der Waals surface area (Å²) in [5.41, 5.74) is 0. The van der Waals surface area contributed by atoms with E-state index in [1.807, 2.05) is 0 Å². The molecule has 19 heteroatoms. The number of phosphoric acid groups is 2. The lowest BCUT2D eigenvalue weighted by Gasteiger charge is -2.21. The number of carbonyl (C=O) groups excluding carboxylic acids is 4. The zero-order valence-corrected chi connectivity index (χ0v) is 57.6. The second-order valence-electron chi connectivity index (χ2n) is 25.6. The molecule has 5 atom stereocenters. The third-order valence-corrected chi connectivity index (χ3v) is 17.3. The SMILES string of the molecule is CCCCCCCC(=O)OC[C@H](COP(=O)(O)OC[C@H](O)COP(=O)(O)OC[C@@H](COC(=O)CCCCCCCCCCCCCC(C)C)OC(=O)CCCCCCCCCCCCCCCCC(C)C)OC(=O)CCCCCCCCCC(C)C. The maximum Gasteiger partial charge on any atom is 0.472 e. The van der Waals surface area contributed by atoms with Crippen molar-refractivity contribution in [1.82, 2.24) is 0 Å². The first-order valence-corrected chi connectivity index (χ1v) is 37.8. The van der Waals surface area contributed by atoms with E-state index in [4.69, 9.17) is 37.0 Å². The molecule has 0 fully saturated rings. The smallest absolute Gasteiger partial charge is 0.462 e. The molecular formula is C67H130O17P2. The number of rotatable bonds is 65. The normalized spacial score (nSPS) is 14.3. The van der Waals surface area contributed by atoms with Crippen molar-refractivity contribution in [2.75, 3.05) is 39.6 Å². The van der Waals surface area contributed by atoms with E-state index in [9.17, 15) is 43.2 Å². The largest absolute Gasteiger partial charge is 0.472 e. The van der Waals surface area contributed by atoms with Crippen molar-refractivity contribution in [3.05, 3.63) is 0 Å². The van der Waals surface area contributed by atoms with Gasteiger partial charge in [-0.15, -0.1) is 0 Å². The number of hydrogen-bond acceptors (Lipinski definition) is 15. The fourth-order valence-electron chi connectivity index (χ4n) is 10.0. The number of ether oxygens (including phenoxy) is 4. The first-order chi connectivity index (χ1) is 41.2. The minimum atomic E-state index is -4.95. The van der Waals surface area contributed by atoms with E-state index < -0.39 is 97.5 Å². The second-order valence-corrected chi connectivity index (χ2v) is 28.5. The third kappa shape index (κ3) is 60.9. The highest BCUT2D eigenvalue weighted by Gasteiger charge is 2.30. The van der Waals surface area contributed by atoms with Crippen LogP contribution in [0.4, 0.5) is 0 Å². The molecule has 0 saturated heterocycles. The molecule has 86 heavy (non-hydrogen) atoms. The topological polar surface area (TPSA) is 237 Å². The highest BCUT2D eigenvalue weighted by Crippen LogP contribution is 2.45. The molecule has 3 N–H and O–H groups in total. The first-order valence-electron chi connectivity index (χ1n) is 34.8. The van der Waals surface area contributed by atoms with Crippen LogP contribution < -0.4 is 0 Å². The molecule has 510 valence electrons. The number of esters is 4. The highest BCUT2D eigenvalue weighted by atomic mass is 31.2. The van der Waals surface area contributed by atoms with E-state index in [2.05, 4.69) is 48.5 Å². The van der Waals surface area contributed by atoms with Gasteiger partial charge in [0, 0.05) is 25.7 Å². The molecule has 2 unspecified atom stereocenters. The predicted octanol–water partition coefficient (Wildman–Crippen LogP) is 18.7. The van der Waals surface area contributed by atoms with Gasteiger partial charge in [-0.05, 0) is 43.4 Å². The number of hydrogen-bond donors (Lipinski definition) is 3. The molecule has 0 bridgehead atoms. The number of aliphatic hydroxyl groups excluding tert-OH is 1. The lowest BCUT2D eigenvalue weighted by molar-refractivity contribution is -0.161. The van der Waals surface area contributed by atoms with Gasteiger partial charge in [-0.25, -0.2) is 9.13 Å². The molecule has 17 nitrogen and oxygen atoms in total. The molecule has 0 aliphatic carbocycles. The first kappa shape index (κ1) is 84.1. The molecule has 0 saturated carbocycles. The lowest BCUT2D eigenvalue weighted by Crippen LogP contribution is -2.30. The fourth-order valence-corrected chi connectivity index (χ4v) is 11.6. The maximum atomic E-state index is 13.0. The van der Waals surface area contributed by atoms with Gasteiger partial charge in [-0.3, -0.25) is 37.3 Å². The number of aliphatic hydroxyl groups is 1. The summed E-state index contributed by atoms with van der Waals surface area (Å²) in [6.07, 6.45) is 40.8. The average molecular weight is 1270 g/mol. The van der Waals surface area contributed by atoms with Crippen molar-refractivity contribution in [3.63, 3.8) is 0 Å². The van der Waals surface area contributed by atoms with Crippen molar-refractivity contribution < 1.29 is 80.2 Å². The molecule has 0 radical (unpaired) electrons. The summed E-state index contributed by atoms with van der Waals surface area (Å²) in [5, 5.41) is 10.5. The van der Waals surface area contributed by atoms with E-state index in [1.165, 1.54) is 135 Å². The molecule has 0 aliphatic heterocycles. The van der Waals surface area contributed by atoms with E-state index in [0.717, 1.165) is 108 Å². The number of unbranched alkanes of at least 4 members (excludes halogenated alkanes) is 33. The quantitative estimate of drug-likeness (QED) is 0.0222. The Kier molecular flexibility index (Phi) is 56.9. The Morgan fingerprint density at radius 3 is 0.791 bits per heavy atom. The van der Waals surface area contributed by atoms with Gasteiger partial charge in [0.2, 0.25) is 0 Å². The van der Waals surface area contributed by atoms with Gasteiger partial charge < -0.3 is 33.8 Å². The molecular weight excluding hydrogens is 1140 g/mol. The monoisotopic (exact) mass is 1270 g/mol. The van der Waals surface area contributed by atoms with E-state index >= 15 is 0 Å². The number of phosphoric ester groups is 2. The van der Waals surface area contributed by atoms with Gasteiger partial charge >= 0.3 is 39.5 Å². The lowest BCUT2D eigenvalue weighted by atomic mass is 10.0. The Hall–Kier alpha value is -1.94. The Balaban J connectivity index is 5.17. The van der Waals surface area contributed by atoms with E-state index in [-0.39, 0.29) is 25.7 Å². The van der Waals surface area contributed by atoms with Gasteiger partial charge in [0.15, 0.2) is 12.2 Å². The Morgan fingerprint density at radius 1 is 0.314 bits per heavy atom. The highest BCUT2D eigenvalue weighted by molar-refractivity contribution is 7.47. The van der Waals surface area contributed by atoms with Crippen LogP contribution in [0.1, 0.15) is 331 Å². The summed E-state index contributed by atoms with van der Waals surface area (Å²) in [6, 6.07) is 0. The maximum absolute atomic E-state index is 13.0. The van der Waals surface area contributed by atoms with E-state index in [0.29, 0.717) is 31.6 Å². The summed E-state index contributed by atoms with van der Waals surface area (Å²) in [5.74, 6) is 0.119. The van der Waals surface area contributed by atoms with Gasteiger partial charge in [-0.1, -0.05) is 280 Å². The summed E-state index contributed by atoms with van der Waals surface area (Å²) in [7, 11) is -9.89. The van der Waals surface area contributed by atoms with Crippen LogP contribution >= 0.6 is 15.6 Å². The minimum absolute atomic E-state index is 0.102. The van der Waals surface area contributed by atoms with Crippen LogP contribution in [0.15, 0.2) is 0 Å². The summed E-state index contributed by atoms with van der Waals surface area (Å²) in [4.78, 5) is 72.1. The van der Waals surface area contributed by atoms with Crippen LogP contribution in [0.2, 0.25) is 0 Å². The van der Waals surface area contributed by atoms with Crippen LogP contribution in [0.5, 0.6) is 0 Å². The molecule has 0 aliphatic rings. The van der Waals surface area contributed by atoms with Gasteiger partial charge in [0.1, 0.15) is 19.3 Å². The molecule has 0 aromatic rings. The van der Waals surface area contributed by atoms with Crippen LogP contribution in [-0.4, -0.2) is 96.7 Å². The van der Waals surface area contributed by atoms with Crippen LogP contribution in [0, 0.1) is 17.8 Å². The van der Waals surface area contributed by atoms with Crippen molar-refractivity contribution in [1.29, 1.82) is 0 Å². The summed E-state index contributed by atoms with van der Waals surface area (Å²) < 4.78 is 67.9. The minimum Gasteiger partial charge on any atom is -0.462 e. The van der Waals surface area contributed by atoms with Gasteiger partial charge in [0.25, 0.3) is 0 Å². The predicted molar refractivity (Wildman–Crippen MR) is 344 cm³/mol. The molecule has 0 aromatic carbocycles. The zero-order chi connectivity index (χ0) is 63.8. The van der Waals surface area contributed by atoms with Crippen LogP contribution in [0.25, 0.3) is 0 Å². The third-order valence-electron chi connectivity index (χ3n) is 15.4. The average Bonchev–Trinajstić information content (AvgIpc) is 3.66. The Bertz CT molecular complexity index is 1700. The second kappa shape index (κ2) is 58.2. The Labute approximate surface area is 524 Å². The van der Waals surface area contributed by atoms with Gasteiger partial charge in [0.05, 0.1) is 26.4 Å². The van der Waals surface area contributed by atoms with Crippen molar-refractivity contribution in [2.24, 2.45) is 17.8 Å². The fraction of sp³-hybridized carbons (Fsp3) is 0.940. The van der Waals surface area contributed by atoms with Crippen molar-refractivity contribution in [2.45, 2.75) is 349 Å². The molecule has 0 rings (SSSR count). The van der Waals surface area contributed by atoms with Crippen LogP contribution in [0.3, 0.4) is 0 Å². The molecule has 0 aromatic heterocycles. The van der Waals surface area contributed by atoms with Crippen molar-refractivity contribution in [3.8, 4) is 0 Å². The number of carbonyl (C=O) groups is 4. The van der Waals surface area contributed by atoms with Crippen molar-refractivity contribution >= 4 is 39.5 Å². The van der Waals surface area contributed by atoms with Gasteiger partial charge in [-0.2, -0.15) is 0 Å². The Morgan fingerprint density at radius 2 is 0.535 bits per heavy atom. The van der Waals surface area contributed by atoms with Crippen LogP contribution in [-0.2, 0) is 65.4 Å².